The van der Waals surface area contributed by atoms with Gasteiger partial charge in [0.1, 0.15) is 11.4 Å². The van der Waals surface area contributed by atoms with Gasteiger partial charge in [0, 0.05) is 26.9 Å². The number of ketones is 1. The largest absolute Gasteiger partial charge is 0.350 e. The predicted molar refractivity (Wildman–Crippen MR) is 148 cm³/mol. The molecule has 186 valence electrons. The number of carbonyl (C=O) groups excluding carboxylic acids is 2. The van der Waals surface area contributed by atoms with Gasteiger partial charge in [0.25, 0.3) is 5.91 Å². The van der Waals surface area contributed by atoms with Crippen LogP contribution in [0.3, 0.4) is 0 Å². The zero-order valence-electron chi connectivity index (χ0n) is 20.9. The second-order valence-electron chi connectivity index (χ2n) is 10.0. The third kappa shape index (κ3) is 5.06. The molecule has 2 N–H and O–H groups in total. The number of hydrogen-bond acceptors (Lipinski definition) is 3. The molecular formula is C30H27ClN4O2. The van der Waals surface area contributed by atoms with E-state index < -0.39 is 0 Å². The number of H-pyrrole nitrogens is 1. The van der Waals surface area contributed by atoms with Gasteiger partial charge in [0.2, 0.25) is 5.78 Å². The molecule has 0 fully saturated rings. The van der Waals surface area contributed by atoms with E-state index in [0.717, 1.165) is 11.3 Å². The first-order valence-electron chi connectivity index (χ1n) is 12.1. The normalized spacial score (nSPS) is 11.6. The molecule has 2 heterocycles. The maximum absolute atomic E-state index is 13.8. The van der Waals surface area contributed by atoms with Gasteiger partial charge in [0.05, 0.1) is 17.9 Å². The van der Waals surface area contributed by atoms with Gasteiger partial charge in [-0.1, -0.05) is 93.0 Å². The van der Waals surface area contributed by atoms with Crippen LogP contribution < -0.4 is 5.32 Å². The Morgan fingerprint density at radius 2 is 1.62 bits per heavy atom. The quantitative estimate of drug-likeness (QED) is 0.245. The lowest BCUT2D eigenvalue weighted by atomic mass is 9.92. The highest BCUT2D eigenvalue weighted by atomic mass is 35.5. The lowest BCUT2D eigenvalue weighted by Crippen LogP contribution is -2.19. The van der Waals surface area contributed by atoms with Crippen LogP contribution in [0, 0.1) is 0 Å². The lowest BCUT2D eigenvalue weighted by Gasteiger charge is -2.14. The fraction of sp³-hybridized carbons (Fsp3) is 0.167. The summed E-state index contributed by atoms with van der Waals surface area (Å²) in [6.07, 6.45) is 0. The third-order valence-corrected chi connectivity index (χ3v) is 6.45. The number of aromatic amines is 1. The topological polar surface area (TPSA) is 79.8 Å². The molecule has 0 aliphatic carbocycles. The number of carbonyl (C=O) groups is 2. The van der Waals surface area contributed by atoms with Crippen molar-refractivity contribution in [2.75, 3.05) is 5.32 Å². The zero-order valence-corrected chi connectivity index (χ0v) is 21.6. The van der Waals surface area contributed by atoms with E-state index in [9.17, 15) is 9.59 Å². The number of nitrogens with zero attached hydrogens (tertiary/aromatic N) is 2. The molecule has 2 aromatic heterocycles. The number of halogens is 1. The van der Waals surface area contributed by atoms with Crippen molar-refractivity contribution >= 4 is 39.9 Å². The van der Waals surface area contributed by atoms with Crippen LogP contribution in [0.1, 0.15) is 58.6 Å². The van der Waals surface area contributed by atoms with Crippen molar-refractivity contribution in [3.05, 3.63) is 118 Å². The van der Waals surface area contributed by atoms with Crippen LogP contribution in [0.2, 0.25) is 5.02 Å². The number of aromatic nitrogens is 3. The van der Waals surface area contributed by atoms with Crippen molar-refractivity contribution in [3.8, 4) is 0 Å². The fourth-order valence-corrected chi connectivity index (χ4v) is 4.40. The van der Waals surface area contributed by atoms with E-state index in [1.165, 1.54) is 0 Å². The Hall–Kier alpha value is -4.16. The molecule has 6 nitrogen and oxygen atoms in total. The highest BCUT2D eigenvalue weighted by Gasteiger charge is 2.26. The molecule has 0 atom stereocenters. The second-order valence-corrected chi connectivity index (χ2v) is 10.5. The van der Waals surface area contributed by atoms with Crippen molar-refractivity contribution in [1.82, 2.24) is 14.8 Å². The predicted octanol–water partition coefficient (Wildman–Crippen LogP) is 6.85. The summed E-state index contributed by atoms with van der Waals surface area (Å²) < 4.78 is 1.72. The Labute approximate surface area is 220 Å². The molecule has 3 aromatic carbocycles. The Morgan fingerprint density at radius 1 is 0.946 bits per heavy atom. The molecule has 1 amide bonds. The van der Waals surface area contributed by atoms with E-state index in [1.54, 1.807) is 47.1 Å². The van der Waals surface area contributed by atoms with Crippen molar-refractivity contribution in [2.45, 2.75) is 32.7 Å². The average Bonchev–Trinajstić information content (AvgIpc) is 3.46. The molecule has 5 rings (SSSR count). The highest BCUT2D eigenvalue weighted by molar-refractivity contribution is 6.31. The van der Waals surface area contributed by atoms with Gasteiger partial charge < -0.3 is 10.3 Å². The molecule has 0 radical (unpaired) electrons. The first-order chi connectivity index (χ1) is 17.7. The monoisotopic (exact) mass is 510 g/mol. The number of hydrogen-bond donors (Lipinski definition) is 2. The smallest absolute Gasteiger partial charge is 0.274 e. The van der Waals surface area contributed by atoms with E-state index in [0.29, 0.717) is 45.1 Å². The van der Waals surface area contributed by atoms with Crippen LogP contribution in [0.15, 0.2) is 84.9 Å². The van der Waals surface area contributed by atoms with Crippen LogP contribution in [0.4, 0.5) is 5.69 Å². The fourth-order valence-electron chi connectivity index (χ4n) is 4.22. The number of anilines is 1. The Balaban J connectivity index is 1.58. The Bertz CT molecular complexity index is 1600. The molecule has 0 saturated heterocycles. The van der Waals surface area contributed by atoms with Crippen LogP contribution >= 0.6 is 11.6 Å². The van der Waals surface area contributed by atoms with Crippen molar-refractivity contribution < 1.29 is 9.59 Å². The van der Waals surface area contributed by atoms with E-state index in [4.69, 9.17) is 16.7 Å². The first kappa shape index (κ1) is 24.5. The van der Waals surface area contributed by atoms with E-state index in [1.807, 2.05) is 42.5 Å². The third-order valence-electron chi connectivity index (χ3n) is 6.22. The minimum atomic E-state index is -0.350. The molecule has 5 aromatic rings. The molecule has 7 heteroatoms. The van der Waals surface area contributed by atoms with Gasteiger partial charge >= 0.3 is 0 Å². The first-order valence-corrected chi connectivity index (χ1v) is 12.4. The van der Waals surface area contributed by atoms with Gasteiger partial charge in [-0.25, -0.2) is 0 Å². The average molecular weight is 511 g/mol. The summed E-state index contributed by atoms with van der Waals surface area (Å²) in [5, 5.41) is 9.01. The summed E-state index contributed by atoms with van der Waals surface area (Å²) in [6.45, 7) is 6.62. The maximum Gasteiger partial charge on any atom is 0.274 e. The molecule has 0 saturated carbocycles. The second kappa shape index (κ2) is 9.71. The van der Waals surface area contributed by atoms with E-state index >= 15 is 0 Å². The summed E-state index contributed by atoms with van der Waals surface area (Å²) in [6, 6.07) is 25.9. The van der Waals surface area contributed by atoms with E-state index in [-0.39, 0.29) is 17.1 Å². The summed E-state index contributed by atoms with van der Waals surface area (Å²) in [4.78, 5) is 30.4. The lowest BCUT2D eigenvalue weighted by molar-refractivity contribution is 0.101. The molecule has 0 spiro atoms. The molecule has 0 unspecified atom stereocenters. The number of amides is 1. The Kier molecular flexibility index (Phi) is 6.44. The van der Waals surface area contributed by atoms with E-state index in [2.05, 4.69) is 31.1 Å². The van der Waals surface area contributed by atoms with Crippen LogP contribution in [0.25, 0.3) is 10.9 Å². The molecule has 0 aliphatic heterocycles. The number of rotatable bonds is 6. The van der Waals surface area contributed by atoms with Crippen molar-refractivity contribution in [2.24, 2.45) is 0 Å². The van der Waals surface area contributed by atoms with Crippen LogP contribution in [0.5, 0.6) is 0 Å². The van der Waals surface area contributed by atoms with Crippen LogP contribution in [-0.2, 0) is 12.0 Å². The van der Waals surface area contributed by atoms with Gasteiger partial charge in [-0.3, -0.25) is 14.3 Å². The van der Waals surface area contributed by atoms with Crippen molar-refractivity contribution in [3.63, 3.8) is 0 Å². The summed E-state index contributed by atoms with van der Waals surface area (Å²) in [5.74, 6) is -0.576. The minimum absolute atomic E-state index is 0.226. The summed E-state index contributed by atoms with van der Waals surface area (Å²) in [5.41, 5.74) is 3.88. The zero-order chi connectivity index (χ0) is 26.2. The standard InChI is InChI=1S/C30H27ClN4O2/c1-30(2,3)25-17-24(35(34-25)18-19-10-6-4-7-11-19)29(37)33-26-22-15-14-21(31)16-23(22)32-27(26)28(36)20-12-8-5-9-13-20/h4-17,32H,18H2,1-3H3,(H,33,37). The summed E-state index contributed by atoms with van der Waals surface area (Å²) in [7, 11) is 0. The van der Waals surface area contributed by atoms with Gasteiger partial charge in [-0.15, -0.1) is 0 Å². The van der Waals surface area contributed by atoms with Gasteiger partial charge in [0.15, 0.2) is 0 Å². The molecule has 0 bridgehead atoms. The minimum Gasteiger partial charge on any atom is -0.350 e. The summed E-state index contributed by atoms with van der Waals surface area (Å²) >= 11 is 6.22. The number of benzene rings is 3. The van der Waals surface area contributed by atoms with Crippen LogP contribution in [-0.4, -0.2) is 26.5 Å². The van der Waals surface area contributed by atoms with Crippen molar-refractivity contribution in [1.29, 1.82) is 0 Å². The van der Waals surface area contributed by atoms with Gasteiger partial charge in [-0.2, -0.15) is 5.10 Å². The number of fused-ring (bicyclic) bond motifs is 1. The molecule has 37 heavy (non-hydrogen) atoms. The maximum atomic E-state index is 13.8. The Morgan fingerprint density at radius 3 is 2.30 bits per heavy atom. The van der Waals surface area contributed by atoms with Gasteiger partial charge in [-0.05, 0) is 29.8 Å². The molecular weight excluding hydrogens is 484 g/mol. The SMILES string of the molecule is CC(C)(C)c1cc(C(=O)Nc2c(C(=O)c3ccccc3)[nH]c3cc(Cl)ccc23)n(Cc2ccccc2)n1. The highest BCUT2D eigenvalue weighted by Crippen LogP contribution is 2.32. The number of nitrogens with one attached hydrogen (secondary N) is 2. The molecule has 0 aliphatic rings.